The van der Waals surface area contributed by atoms with Crippen LogP contribution >= 0.6 is 15.9 Å². The average Bonchev–Trinajstić information content (AvgIpc) is 2.56. The highest BCUT2D eigenvalue weighted by atomic mass is 79.9. The molecule has 2 aromatic rings. The summed E-state index contributed by atoms with van der Waals surface area (Å²) in [5.41, 5.74) is 1.07. The van der Waals surface area contributed by atoms with Gasteiger partial charge in [0.05, 0.1) is 9.99 Å². The summed E-state index contributed by atoms with van der Waals surface area (Å²) >= 11 is 3.41. The zero-order valence-electron chi connectivity index (χ0n) is 13.6. The van der Waals surface area contributed by atoms with Gasteiger partial charge in [-0.25, -0.2) is 4.98 Å². The third-order valence-corrected chi connectivity index (χ3v) is 5.08. The molecule has 1 aliphatic rings. The molecule has 2 aromatic heterocycles. The molecular weight excluding hydrogens is 372 g/mol. The van der Waals surface area contributed by atoms with Gasteiger partial charge in [-0.15, -0.1) is 0 Å². The molecule has 3 rings (SSSR count). The number of carbonyl (C=O) groups is 2. The van der Waals surface area contributed by atoms with E-state index in [0.29, 0.717) is 11.2 Å². The van der Waals surface area contributed by atoms with Crippen molar-refractivity contribution in [3.05, 3.63) is 34.7 Å². The number of hydrogen-bond donors (Lipinski definition) is 1. The summed E-state index contributed by atoms with van der Waals surface area (Å²) in [5, 5.41) is 3.90. The first-order valence-corrected chi connectivity index (χ1v) is 8.75. The predicted molar refractivity (Wildman–Crippen MR) is 94.6 cm³/mol. The third kappa shape index (κ3) is 3.26. The standard InChI is InChI=1S/C17H19BrN4O2/c1-10-14(4-3-7-22(10)11(2)23)21-17(24)15-6-5-12-8-19-9-13(18)16(12)20-15/h5-6,8-10,14H,3-4,7H2,1-2H3,(H,21,24)/t10-,14-/m1/s1. The van der Waals surface area contributed by atoms with E-state index in [1.54, 1.807) is 25.4 Å². The lowest BCUT2D eigenvalue weighted by molar-refractivity contribution is -0.132. The first kappa shape index (κ1) is 16.8. The molecule has 1 aliphatic heterocycles. The number of fused-ring (bicyclic) bond motifs is 1. The molecule has 6 nitrogen and oxygen atoms in total. The normalized spacial score (nSPS) is 20.9. The number of aromatic nitrogens is 2. The molecule has 0 unspecified atom stereocenters. The number of amides is 2. The highest BCUT2D eigenvalue weighted by Crippen LogP contribution is 2.21. The van der Waals surface area contributed by atoms with E-state index < -0.39 is 0 Å². The molecule has 2 amide bonds. The summed E-state index contributed by atoms with van der Waals surface area (Å²) in [6.45, 7) is 4.29. The molecule has 0 saturated carbocycles. The van der Waals surface area contributed by atoms with Gasteiger partial charge < -0.3 is 10.2 Å². The maximum absolute atomic E-state index is 12.6. The van der Waals surface area contributed by atoms with Crippen LogP contribution in [0.2, 0.25) is 0 Å². The fourth-order valence-electron chi connectivity index (χ4n) is 3.16. The molecule has 0 radical (unpaired) electrons. The quantitative estimate of drug-likeness (QED) is 0.854. The Balaban J connectivity index is 1.79. The Hall–Kier alpha value is -2.02. The van der Waals surface area contributed by atoms with Crippen LogP contribution in [0.4, 0.5) is 0 Å². The van der Waals surface area contributed by atoms with Crippen LogP contribution in [0.25, 0.3) is 10.9 Å². The smallest absolute Gasteiger partial charge is 0.270 e. The Morgan fingerprint density at radius 2 is 2.12 bits per heavy atom. The predicted octanol–water partition coefficient (Wildman–Crippen LogP) is 2.52. The lowest BCUT2D eigenvalue weighted by Crippen LogP contribution is -2.55. The maximum atomic E-state index is 12.6. The van der Waals surface area contributed by atoms with Gasteiger partial charge in [-0.3, -0.25) is 14.6 Å². The van der Waals surface area contributed by atoms with Gasteiger partial charge in [-0.05, 0) is 47.8 Å². The van der Waals surface area contributed by atoms with E-state index in [1.165, 1.54) is 0 Å². The van der Waals surface area contributed by atoms with Crippen molar-refractivity contribution in [2.24, 2.45) is 0 Å². The van der Waals surface area contributed by atoms with Gasteiger partial charge in [0.25, 0.3) is 5.91 Å². The lowest BCUT2D eigenvalue weighted by Gasteiger charge is -2.39. The van der Waals surface area contributed by atoms with Gasteiger partial charge in [0.1, 0.15) is 5.69 Å². The summed E-state index contributed by atoms with van der Waals surface area (Å²) in [7, 11) is 0. The lowest BCUT2D eigenvalue weighted by atomic mass is 9.97. The van der Waals surface area contributed by atoms with E-state index in [0.717, 1.165) is 29.2 Å². The van der Waals surface area contributed by atoms with Crippen molar-refractivity contribution in [2.75, 3.05) is 6.54 Å². The van der Waals surface area contributed by atoms with E-state index in [-0.39, 0.29) is 23.9 Å². The van der Waals surface area contributed by atoms with Crippen molar-refractivity contribution in [1.82, 2.24) is 20.2 Å². The fraction of sp³-hybridized carbons (Fsp3) is 0.412. The van der Waals surface area contributed by atoms with Crippen LogP contribution in [0.5, 0.6) is 0 Å². The highest BCUT2D eigenvalue weighted by molar-refractivity contribution is 9.10. The second-order valence-electron chi connectivity index (χ2n) is 6.06. The molecule has 1 fully saturated rings. The topological polar surface area (TPSA) is 75.2 Å². The van der Waals surface area contributed by atoms with Crippen molar-refractivity contribution < 1.29 is 9.59 Å². The number of pyridine rings is 2. The molecule has 7 heteroatoms. The Labute approximate surface area is 148 Å². The van der Waals surface area contributed by atoms with Gasteiger partial charge in [0.15, 0.2) is 0 Å². The van der Waals surface area contributed by atoms with E-state index in [4.69, 9.17) is 0 Å². The van der Waals surface area contributed by atoms with Crippen LogP contribution in [-0.4, -0.2) is 45.3 Å². The summed E-state index contributed by atoms with van der Waals surface area (Å²) in [6, 6.07) is 3.45. The van der Waals surface area contributed by atoms with Crippen LogP contribution in [0.15, 0.2) is 29.0 Å². The minimum Gasteiger partial charge on any atom is -0.346 e. The molecule has 0 bridgehead atoms. The van der Waals surface area contributed by atoms with E-state index in [1.807, 2.05) is 17.9 Å². The molecule has 1 N–H and O–H groups in total. The Bertz CT molecular complexity index is 795. The SMILES string of the molecule is CC(=O)N1CCC[C@@H](NC(=O)c2ccc3cncc(Br)c3n2)[C@H]1C. The second-order valence-corrected chi connectivity index (χ2v) is 6.92. The maximum Gasteiger partial charge on any atom is 0.270 e. The number of nitrogens with zero attached hydrogens (tertiary/aromatic N) is 3. The molecule has 1 saturated heterocycles. The highest BCUT2D eigenvalue weighted by Gasteiger charge is 2.30. The zero-order valence-corrected chi connectivity index (χ0v) is 15.2. The van der Waals surface area contributed by atoms with Crippen molar-refractivity contribution >= 4 is 38.6 Å². The summed E-state index contributed by atoms with van der Waals surface area (Å²) in [5.74, 6) is -0.176. The zero-order chi connectivity index (χ0) is 17.3. The van der Waals surface area contributed by atoms with Gasteiger partial charge in [0.2, 0.25) is 5.91 Å². The van der Waals surface area contributed by atoms with Crippen LogP contribution in [0, 0.1) is 0 Å². The van der Waals surface area contributed by atoms with Gasteiger partial charge >= 0.3 is 0 Å². The van der Waals surface area contributed by atoms with Gasteiger partial charge in [-0.2, -0.15) is 0 Å². The third-order valence-electron chi connectivity index (χ3n) is 4.50. The van der Waals surface area contributed by atoms with Crippen LogP contribution < -0.4 is 5.32 Å². The molecular formula is C17H19BrN4O2. The minimum atomic E-state index is -0.220. The van der Waals surface area contributed by atoms with Crippen molar-refractivity contribution in [3.63, 3.8) is 0 Å². The minimum absolute atomic E-state index is 0.0170. The Morgan fingerprint density at radius 1 is 1.33 bits per heavy atom. The number of piperidine rings is 1. The largest absolute Gasteiger partial charge is 0.346 e. The number of nitrogens with one attached hydrogen (secondary N) is 1. The molecule has 3 heterocycles. The molecule has 0 aromatic carbocycles. The summed E-state index contributed by atoms with van der Waals surface area (Å²) in [6.07, 6.45) is 5.11. The van der Waals surface area contributed by atoms with Crippen molar-refractivity contribution in [3.8, 4) is 0 Å². The van der Waals surface area contributed by atoms with Crippen molar-refractivity contribution in [2.45, 2.75) is 38.8 Å². The number of rotatable bonds is 2. The molecule has 0 spiro atoms. The number of carbonyl (C=O) groups excluding carboxylic acids is 2. The number of likely N-dealkylation sites (tertiary alicyclic amines) is 1. The summed E-state index contributed by atoms with van der Waals surface area (Å²) in [4.78, 5) is 34.6. The first-order valence-electron chi connectivity index (χ1n) is 7.95. The van der Waals surface area contributed by atoms with Gasteiger partial charge in [0, 0.05) is 43.3 Å². The number of halogens is 1. The summed E-state index contributed by atoms with van der Waals surface area (Å²) < 4.78 is 0.753. The first-order chi connectivity index (χ1) is 11.5. The Kier molecular flexibility index (Phi) is 4.80. The monoisotopic (exact) mass is 390 g/mol. The van der Waals surface area contributed by atoms with Gasteiger partial charge in [-0.1, -0.05) is 0 Å². The van der Waals surface area contributed by atoms with Crippen LogP contribution in [0.3, 0.4) is 0 Å². The molecule has 126 valence electrons. The molecule has 0 aliphatic carbocycles. The fourth-order valence-corrected chi connectivity index (χ4v) is 3.59. The number of hydrogen-bond acceptors (Lipinski definition) is 4. The van der Waals surface area contributed by atoms with E-state index >= 15 is 0 Å². The molecule has 24 heavy (non-hydrogen) atoms. The van der Waals surface area contributed by atoms with Crippen LogP contribution in [0.1, 0.15) is 37.2 Å². The molecule has 2 atom stereocenters. The second kappa shape index (κ2) is 6.84. The van der Waals surface area contributed by atoms with Crippen LogP contribution in [-0.2, 0) is 4.79 Å². The average molecular weight is 391 g/mol. The van der Waals surface area contributed by atoms with E-state index in [9.17, 15) is 9.59 Å². The Morgan fingerprint density at radius 3 is 2.88 bits per heavy atom. The van der Waals surface area contributed by atoms with Crippen molar-refractivity contribution in [1.29, 1.82) is 0 Å². The van der Waals surface area contributed by atoms with E-state index in [2.05, 4.69) is 31.2 Å².